The first-order valence-corrected chi connectivity index (χ1v) is 2.79. The third-order valence-electron chi connectivity index (χ3n) is 0.704. The highest BCUT2D eigenvalue weighted by Gasteiger charge is 1.74. The maximum atomic E-state index is 6.80. The number of nitrogens with zero attached hydrogens (tertiary/aromatic N) is 1. The van der Waals surface area contributed by atoms with Crippen LogP contribution in [0.5, 0.6) is 0 Å². The predicted molar refractivity (Wildman–Crippen MR) is 29.5 cm³/mol. The zero-order valence-electron chi connectivity index (χ0n) is 3.70. The SMILES string of the molecule is N=Pn1cccc1. The van der Waals surface area contributed by atoms with E-state index in [1.807, 2.05) is 24.5 Å². The average molecular weight is 112 g/mol. The maximum Gasteiger partial charge on any atom is 0.128 e. The number of rotatable bonds is 1. The molecule has 1 N–H and O–H groups in total. The van der Waals surface area contributed by atoms with Crippen LogP contribution < -0.4 is 0 Å². The van der Waals surface area contributed by atoms with E-state index in [4.69, 9.17) is 5.16 Å². The first kappa shape index (κ1) is 4.54. The Bertz CT molecular complexity index is 145. The quantitative estimate of drug-likeness (QED) is 0.538. The second-order valence-corrected chi connectivity index (χ2v) is 1.82. The van der Waals surface area contributed by atoms with Crippen LogP contribution in [0.15, 0.2) is 24.5 Å². The van der Waals surface area contributed by atoms with E-state index >= 15 is 0 Å². The molecule has 0 unspecified atom stereocenters. The monoisotopic (exact) mass is 112 g/mol. The fourth-order valence-electron chi connectivity index (χ4n) is 0.392. The van der Waals surface area contributed by atoms with E-state index in [-0.39, 0.29) is 0 Å². The molecule has 0 saturated carbocycles. The van der Waals surface area contributed by atoms with Gasteiger partial charge >= 0.3 is 0 Å². The van der Waals surface area contributed by atoms with E-state index in [0.29, 0.717) is 8.52 Å². The number of nitrogens with one attached hydrogen (secondary N) is 1. The highest BCUT2D eigenvalue weighted by atomic mass is 31.1. The summed E-state index contributed by atoms with van der Waals surface area (Å²) in [5.41, 5.74) is 0. The third-order valence-corrected chi connectivity index (χ3v) is 1.20. The summed E-state index contributed by atoms with van der Waals surface area (Å²) in [4.78, 5) is 0. The first-order chi connectivity index (χ1) is 3.43. The molecule has 0 radical (unpaired) electrons. The molecule has 1 aromatic heterocycles. The minimum atomic E-state index is 0.532. The molecule has 2 nitrogen and oxygen atoms in total. The predicted octanol–water partition coefficient (Wildman–Crippen LogP) is 1.96. The van der Waals surface area contributed by atoms with Crippen LogP contribution in [0.2, 0.25) is 0 Å². The Morgan fingerprint density at radius 1 is 1.29 bits per heavy atom. The van der Waals surface area contributed by atoms with Crippen LogP contribution in [0.3, 0.4) is 0 Å². The van der Waals surface area contributed by atoms with Crippen molar-refractivity contribution < 1.29 is 0 Å². The minimum Gasteiger partial charge on any atom is -0.292 e. The van der Waals surface area contributed by atoms with Crippen molar-refractivity contribution in [2.75, 3.05) is 0 Å². The van der Waals surface area contributed by atoms with E-state index in [1.165, 1.54) is 0 Å². The van der Waals surface area contributed by atoms with Gasteiger partial charge in [-0.05, 0) is 12.1 Å². The molecular formula is C4H5N2P. The van der Waals surface area contributed by atoms with E-state index in [2.05, 4.69) is 0 Å². The molecule has 3 heteroatoms. The molecular weight excluding hydrogens is 107 g/mol. The van der Waals surface area contributed by atoms with Crippen molar-refractivity contribution in [1.29, 1.82) is 5.16 Å². The van der Waals surface area contributed by atoms with Crippen molar-refractivity contribution in [2.24, 2.45) is 0 Å². The topological polar surface area (TPSA) is 28.8 Å². The standard InChI is InChI=1S/C4H5N2P/c5-7-6-3-1-2-4-6/h1-5H. The Morgan fingerprint density at radius 2 is 1.86 bits per heavy atom. The minimum absolute atomic E-state index is 0.532. The molecule has 0 aliphatic rings. The molecule has 36 valence electrons. The van der Waals surface area contributed by atoms with Crippen molar-refractivity contribution in [3.63, 3.8) is 0 Å². The molecule has 0 spiro atoms. The molecule has 0 fully saturated rings. The molecule has 7 heavy (non-hydrogen) atoms. The van der Waals surface area contributed by atoms with Gasteiger partial charge in [-0.3, -0.25) is 9.50 Å². The average Bonchev–Trinajstić information content (AvgIpc) is 2.14. The summed E-state index contributed by atoms with van der Waals surface area (Å²) < 4.78 is 1.76. The molecule has 0 aliphatic heterocycles. The van der Waals surface area contributed by atoms with Gasteiger partial charge in [0, 0.05) is 12.4 Å². The molecule has 0 bridgehead atoms. The maximum absolute atomic E-state index is 6.80. The van der Waals surface area contributed by atoms with E-state index in [0.717, 1.165) is 0 Å². The zero-order valence-corrected chi connectivity index (χ0v) is 4.60. The second kappa shape index (κ2) is 1.90. The number of hydrogen-bond donors (Lipinski definition) is 1. The Balaban J connectivity index is 2.96. The van der Waals surface area contributed by atoms with E-state index < -0.39 is 0 Å². The first-order valence-electron chi connectivity index (χ1n) is 1.94. The Morgan fingerprint density at radius 3 is 2.14 bits per heavy atom. The summed E-state index contributed by atoms with van der Waals surface area (Å²) in [7, 11) is 0.532. The summed E-state index contributed by atoms with van der Waals surface area (Å²) in [6, 6.07) is 3.81. The van der Waals surface area contributed by atoms with Crippen LogP contribution in [0.1, 0.15) is 0 Å². The lowest BCUT2D eigenvalue weighted by Gasteiger charge is -1.79. The molecule has 0 atom stereocenters. The molecule has 0 saturated heterocycles. The van der Waals surface area contributed by atoms with Crippen LogP contribution in [0, 0.1) is 5.16 Å². The van der Waals surface area contributed by atoms with Gasteiger partial charge in [0.1, 0.15) is 8.52 Å². The molecule has 0 aliphatic carbocycles. The molecule has 1 rings (SSSR count). The Kier molecular flexibility index (Phi) is 1.23. The fraction of sp³-hybridized carbons (Fsp3) is 0. The molecule has 0 amide bonds. The normalized spacial score (nSPS) is 9.71. The zero-order chi connectivity index (χ0) is 5.11. The smallest absolute Gasteiger partial charge is 0.128 e. The second-order valence-electron chi connectivity index (χ2n) is 1.16. The van der Waals surface area contributed by atoms with Crippen molar-refractivity contribution in [2.45, 2.75) is 0 Å². The van der Waals surface area contributed by atoms with E-state index in [9.17, 15) is 0 Å². The Hall–Kier alpha value is -0.620. The summed E-state index contributed by atoms with van der Waals surface area (Å²) in [6.07, 6.45) is 3.71. The van der Waals surface area contributed by atoms with Gasteiger partial charge < -0.3 is 0 Å². The third kappa shape index (κ3) is 0.875. The van der Waals surface area contributed by atoms with Crippen molar-refractivity contribution >= 4 is 8.52 Å². The highest BCUT2D eigenvalue weighted by Crippen LogP contribution is 1.99. The van der Waals surface area contributed by atoms with Crippen LogP contribution in [-0.4, -0.2) is 4.34 Å². The lowest BCUT2D eigenvalue weighted by atomic mass is 10.7. The van der Waals surface area contributed by atoms with Crippen molar-refractivity contribution in [3.05, 3.63) is 24.5 Å². The molecule has 1 aromatic rings. The van der Waals surface area contributed by atoms with Gasteiger partial charge in [0.25, 0.3) is 0 Å². The van der Waals surface area contributed by atoms with Gasteiger partial charge in [-0.25, -0.2) is 0 Å². The Labute approximate surface area is 43.5 Å². The molecule has 0 aromatic carbocycles. The lowest BCUT2D eigenvalue weighted by molar-refractivity contribution is 1.27. The van der Waals surface area contributed by atoms with Gasteiger partial charge in [0.05, 0.1) is 0 Å². The fourth-order valence-corrected chi connectivity index (χ4v) is 0.679. The number of hydrogen-bond acceptors (Lipinski definition) is 1. The summed E-state index contributed by atoms with van der Waals surface area (Å²) >= 11 is 0. The van der Waals surface area contributed by atoms with E-state index in [1.54, 1.807) is 4.34 Å². The largest absolute Gasteiger partial charge is 0.292 e. The van der Waals surface area contributed by atoms with Crippen LogP contribution in [0.25, 0.3) is 0 Å². The lowest BCUT2D eigenvalue weighted by Crippen LogP contribution is -1.64. The summed E-state index contributed by atoms with van der Waals surface area (Å²) in [6.45, 7) is 0. The summed E-state index contributed by atoms with van der Waals surface area (Å²) in [5.74, 6) is 0. The van der Waals surface area contributed by atoms with Gasteiger partial charge in [0.15, 0.2) is 0 Å². The molecule has 1 heterocycles. The van der Waals surface area contributed by atoms with Crippen LogP contribution in [-0.2, 0) is 0 Å². The van der Waals surface area contributed by atoms with Crippen molar-refractivity contribution in [3.8, 4) is 0 Å². The van der Waals surface area contributed by atoms with Gasteiger partial charge in [0.2, 0.25) is 0 Å². The highest BCUT2D eigenvalue weighted by molar-refractivity contribution is 7.23. The van der Waals surface area contributed by atoms with Gasteiger partial charge in [-0.1, -0.05) is 0 Å². The van der Waals surface area contributed by atoms with Crippen molar-refractivity contribution in [1.82, 2.24) is 4.34 Å². The van der Waals surface area contributed by atoms with Gasteiger partial charge in [-0.15, -0.1) is 0 Å². The van der Waals surface area contributed by atoms with Crippen LogP contribution >= 0.6 is 8.52 Å². The van der Waals surface area contributed by atoms with Gasteiger partial charge in [-0.2, -0.15) is 0 Å². The summed E-state index contributed by atoms with van der Waals surface area (Å²) in [5, 5.41) is 6.80. The van der Waals surface area contributed by atoms with Crippen LogP contribution in [0.4, 0.5) is 0 Å². The number of aromatic nitrogens is 1.